The van der Waals surface area contributed by atoms with Crippen molar-refractivity contribution in [2.45, 2.75) is 60.0 Å². The highest BCUT2D eigenvalue weighted by Gasteiger charge is 2.27. The average molecular weight is 171 g/mol. The Balaban J connectivity index is 0.000000561. The second-order valence-electron chi connectivity index (χ2n) is 3.98. The van der Waals surface area contributed by atoms with Crippen LogP contribution in [0.4, 0.5) is 0 Å². The maximum Gasteiger partial charge on any atom is 0.00727 e. The summed E-state index contributed by atoms with van der Waals surface area (Å²) in [5.41, 5.74) is 0. The van der Waals surface area contributed by atoms with E-state index < -0.39 is 0 Å². The Bertz CT molecular complexity index is 110. The third-order valence-electron chi connectivity index (χ3n) is 2.50. The zero-order valence-corrected chi connectivity index (χ0v) is 9.59. The molecule has 2 unspecified atom stereocenters. The van der Waals surface area contributed by atoms with Crippen LogP contribution >= 0.6 is 0 Å². The van der Waals surface area contributed by atoms with Crippen molar-refractivity contribution >= 4 is 0 Å². The fourth-order valence-corrected chi connectivity index (χ4v) is 2.05. The smallest absolute Gasteiger partial charge is 0.00727 e. The van der Waals surface area contributed by atoms with E-state index in [2.05, 4.69) is 32.6 Å². The molecule has 0 amide bonds. The molecular formula is C11H25N. The van der Waals surface area contributed by atoms with Crippen molar-refractivity contribution in [1.29, 1.82) is 0 Å². The topological polar surface area (TPSA) is 3.24 Å². The molecule has 0 spiro atoms. The van der Waals surface area contributed by atoms with Crippen molar-refractivity contribution in [1.82, 2.24) is 4.90 Å². The highest BCUT2D eigenvalue weighted by atomic mass is 15.2. The minimum absolute atomic E-state index is 0.736. The quantitative estimate of drug-likeness (QED) is 0.586. The van der Waals surface area contributed by atoms with Gasteiger partial charge in [-0.2, -0.15) is 0 Å². The molecule has 0 saturated carbocycles. The third-order valence-corrected chi connectivity index (χ3v) is 2.50. The molecule has 1 fully saturated rings. The van der Waals surface area contributed by atoms with Gasteiger partial charge < -0.3 is 0 Å². The van der Waals surface area contributed by atoms with Crippen LogP contribution in [0.2, 0.25) is 0 Å². The summed E-state index contributed by atoms with van der Waals surface area (Å²) >= 11 is 0. The summed E-state index contributed by atoms with van der Waals surface area (Å²) in [5, 5.41) is 0. The van der Waals surface area contributed by atoms with Crippen molar-refractivity contribution in [2.75, 3.05) is 6.54 Å². The Morgan fingerprint density at radius 1 is 1.17 bits per heavy atom. The Morgan fingerprint density at radius 2 is 1.67 bits per heavy atom. The molecule has 0 N–H and O–H groups in total. The maximum absolute atomic E-state index is 2.59. The van der Waals surface area contributed by atoms with E-state index in [4.69, 9.17) is 0 Å². The lowest BCUT2D eigenvalue weighted by molar-refractivity contribution is 0.213. The summed E-state index contributed by atoms with van der Waals surface area (Å²) in [6.45, 7) is 14.6. The molecule has 74 valence electrons. The lowest BCUT2D eigenvalue weighted by Crippen LogP contribution is -2.33. The largest absolute Gasteiger partial charge is 0.298 e. The lowest BCUT2D eigenvalue weighted by atomic mass is 10.1. The number of nitrogens with zero attached hydrogens (tertiary/aromatic N) is 1. The molecule has 1 heterocycles. The van der Waals surface area contributed by atoms with Crippen molar-refractivity contribution in [3.63, 3.8) is 0 Å². The van der Waals surface area contributed by atoms with Gasteiger partial charge in [-0.25, -0.2) is 0 Å². The molecule has 0 aromatic carbocycles. The fourth-order valence-electron chi connectivity index (χ4n) is 2.05. The van der Waals surface area contributed by atoms with Crippen LogP contribution in [-0.4, -0.2) is 23.5 Å². The third kappa shape index (κ3) is 3.14. The van der Waals surface area contributed by atoms with E-state index in [-0.39, 0.29) is 0 Å². The molecule has 1 rings (SSSR count). The summed E-state index contributed by atoms with van der Waals surface area (Å²) in [5.74, 6) is 0.914. The minimum Gasteiger partial charge on any atom is -0.298 e. The average Bonchev–Trinajstić information content (AvgIpc) is 2.34. The summed E-state index contributed by atoms with van der Waals surface area (Å²) < 4.78 is 0. The first kappa shape index (κ1) is 12.0. The van der Waals surface area contributed by atoms with Gasteiger partial charge in [0.25, 0.3) is 0 Å². The van der Waals surface area contributed by atoms with E-state index in [1.54, 1.807) is 0 Å². The highest BCUT2D eigenvalue weighted by Crippen LogP contribution is 2.23. The molecule has 12 heavy (non-hydrogen) atoms. The SMILES string of the molecule is CC.CC1CC(C)N(C(C)C)C1. The summed E-state index contributed by atoms with van der Waals surface area (Å²) in [7, 11) is 0. The molecule has 0 bridgehead atoms. The number of rotatable bonds is 1. The molecule has 0 aliphatic carbocycles. The van der Waals surface area contributed by atoms with Crippen LogP contribution < -0.4 is 0 Å². The van der Waals surface area contributed by atoms with Crippen LogP contribution in [-0.2, 0) is 0 Å². The first-order valence-corrected chi connectivity index (χ1v) is 5.37. The van der Waals surface area contributed by atoms with Crippen molar-refractivity contribution in [3.05, 3.63) is 0 Å². The van der Waals surface area contributed by atoms with Crippen molar-refractivity contribution in [3.8, 4) is 0 Å². The van der Waals surface area contributed by atoms with Gasteiger partial charge in [0.1, 0.15) is 0 Å². The molecule has 1 saturated heterocycles. The van der Waals surface area contributed by atoms with Crippen LogP contribution in [0, 0.1) is 5.92 Å². The highest BCUT2D eigenvalue weighted by molar-refractivity contribution is 4.81. The van der Waals surface area contributed by atoms with Crippen LogP contribution in [0.3, 0.4) is 0 Å². The first-order chi connectivity index (χ1) is 5.61. The van der Waals surface area contributed by atoms with Gasteiger partial charge in [0.05, 0.1) is 0 Å². The molecule has 0 radical (unpaired) electrons. The van der Waals surface area contributed by atoms with Gasteiger partial charge in [0.15, 0.2) is 0 Å². The molecule has 1 aliphatic rings. The zero-order chi connectivity index (χ0) is 9.72. The summed E-state index contributed by atoms with van der Waals surface area (Å²) in [6, 6.07) is 1.55. The number of hydrogen-bond donors (Lipinski definition) is 0. The number of hydrogen-bond acceptors (Lipinski definition) is 1. The summed E-state index contributed by atoms with van der Waals surface area (Å²) in [6.07, 6.45) is 1.39. The van der Waals surface area contributed by atoms with Crippen molar-refractivity contribution < 1.29 is 0 Å². The van der Waals surface area contributed by atoms with Gasteiger partial charge in [-0.15, -0.1) is 0 Å². The Kier molecular flexibility index (Phi) is 5.56. The normalized spacial score (nSPS) is 30.2. The van der Waals surface area contributed by atoms with Crippen LogP contribution in [0.5, 0.6) is 0 Å². The van der Waals surface area contributed by atoms with Crippen LogP contribution in [0.1, 0.15) is 48.0 Å². The second-order valence-corrected chi connectivity index (χ2v) is 3.98. The fraction of sp³-hybridized carbons (Fsp3) is 1.00. The first-order valence-electron chi connectivity index (χ1n) is 5.37. The Hall–Kier alpha value is -0.0400. The Morgan fingerprint density at radius 3 is 1.83 bits per heavy atom. The second kappa shape index (κ2) is 5.58. The van der Waals surface area contributed by atoms with E-state index in [1.807, 2.05) is 13.8 Å². The van der Waals surface area contributed by atoms with Crippen LogP contribution in [0.15, 0.2) is 0 Å². The Labute approximate surface area is 78.1 Å². The summed E-state index contributed by atoms with van der Waals surface area (Å²) in [4.78, 5) is 2.59. The van der Waals surface area contributed by atoms with E-state index >= 15 is 0 Å². The maximum atomic E-state index is 2.59. The van der Waals surface area contributed by atoms with E-state index in [1.165, 1.54) is 13.0 Å². The monoisotopic (exact) mass is 171 g/mol. The van der Waals surface area contributed by atoms with E-state index in [0.29, 0.717) is 0 Å². The molecule has 0 aromatic rings. The van der Waals surface area contributed by atoms with Gasteiger partial charge in [-0.1, -0.05) is 20.8 Å². The molecule has 1 heteroatoms. The molecule has 0 aromatic heterocycles. The van der Waals surface area contributed by atoms with E-state index in [9.17, 15) is 0 Å². The van der Waals surface area contributed by atoms with E-state index in [0.717, 1.165) is 18.0 Å². The molecule has 1 aliphatic heterocycles. The number of likely N-dealkylation sites (tertiary alicyclic amines) is 1. The van der Waals surface area contributed by atoms with Gasteiger partial charge in [-0.3, -0.25) is 4.90 Å². The molecular weight excluding hydrogens is 146 g/mol. The molecule has 2 atom stereocenters. The predicted octanol–water partition coefficient (Wildman–Crippen LogP) is 3.15. The lowest BCUT2D eigenvalue weighted by Gasteiger charge is -2.25. The van der Waals surface area contributed by atoms with Gasteiger partial charge in [-0.05, 0) is 33.1 Å². The van der Waals surface area contributed by atoms with Gasteiger partial charge in [0.2, 0.25) is 0 Å². The minimum atomic E-state index is 0.736. The van der Waals surface area contributed by atoms with Gasteiger partial charge in [0, 0.05) is 18.6 Å². The van der Waals surface area contributed by atoms with Crippen molar-refractivity contribution in [2.24, 2.45) is 5.92 Å². The standard InChI is InChI=1S/C9H19N.C2H6/c1-7(2)10-6-8(3)5-9(10)4;1-2/h7-9H,5-6H2,1-4H3;1-2H3. The van der Waals surface area contributed by atoms with Gasteiger partial charge >= 0.3 is 0 Å². The predicted molar refractivity (Wildman–Crippen MR) is 56.4 cm³/mol. The zero-order valence-electron chi connectivity index (χ0n) is 9.59. The van der Waals surface area contributed by atoms with Crippen LogP contribution in [0.25, 0.3) is 0 Å². The molecule has 1 nitrogen and oxygen atoms in total.